The fraction of sp³-hybridized carbons (Fsp3) is 0.923. The SMILES string of the molecule is CCC(C)NCC(=O)N1CCCC1C(C)C. The first-order valence-corrected chi connectivity index (χ1v) is 6.59. The van der Waals surface area contributed by atoms with Gasteiger partial charge in [-0.25, -0.2) is 0 Å². The Labute approximate surface area is 99.6 Å². The van der Waals surface area contributed by atoms with Crippen molar-refractivity contribution in [3.63, 3.8) is 0 Å². The Morgan fingerprint density at radius 3 is 2.69 bits per heavy atom. The highest BCUT2D eigenvalue weighted by molar-refractivity contribution is 5.78. The van der Waals surface area contributed by atoms with Crippen LogP contribution in [-0.4, -0.2) is 36.0 Å². The van der Waals surface area contributed by atoms with Crippen molar-refractivity contribution in [1.82, 2.24) is 10.2 Å². The van der Waals surface area contributed by atoms with Gasteiger partial charge in [-0.15, -0.1) is 0 Å². The third kappa shape index (κ3) is 3.48. The van der Waals surface area contributed by atoms with Crippen molar-refractivity contribution in [2.24, 2.45) is 5.92 Å². The second-order valence-electron chi connectivity index (χ2n) is 5.23. The molecule has 0 aromatic carbocycles. The van der Waals surface area contributed by atoms with Crippen LogP contribution in [0.25, 0.3) is 0 Å². The smallest absolute Gasteiger partial charge is 0.236 e. The molecular formula is C13H26N2O. The zero-order valence-corrected chi connectivity index (χ0v) is 11.1. The molecule has 0 bridgehead atoms. The lowest BCUT2D eigenvalue weighted by Gasteiger charge is -2.28. The number of nitrogens with zero attached hydrogens (tertiary/aromatic N) is 1. The van der Waals surface area contributed by atoms with Crippen LogP contribution in [0.1, 0.15) is 47.0 Å². The molecule has 0 aliphatic carbocycles. The normalized spacial score (nSPS) is 22.8. The summed E-state index contributed by atoms with van der Waals surface area (Å²) in [5.41, 5.74) is 0. The Balaban J connectivity index is 2.41. The molecule has 0 spiro atoms. The lowest BCUT2D eigenvalue weighted by Crippen LogP contribution is -2.44. The van der Waals surface area contributed by atoms with Crippen molar-refractivity contribution in [3.05, 3.63) is 0 Å². The van der Waals surface area contributed by atoms with Crippen LogP contribution in [0.5, 0.6) is 0 Å². The van der Waals surface area contributed by atoms with Crippen LogP contribution in [0.2, 0.25) is 0 Å². The van der Waals surface area contributed by atoms with Gasteiger partial charge < -0.3 is 10.2 Å². The van der Waals surface area contributed by atoms with Gasteiger partial charge in [0, 0.05) is 18.6 Å². The zero-order chi connectivity index (χ0) is 12.1. The van der Waals surface area contributed by atoms with Crippen molar-refractivity contribution in [2.45, 2.75) is 59.0 Å². The van der Waals surface area contributed by atoms with Crippen LogP contribution >= 0.6 is 0 Å². The van der Waals surface area contributed by atoms with Crippen LogP contribution in [-0.2, 0) is 4.79 Å². The minimum Gasteiger partial charge on any atom is -0.338 e. The summed E-state index contributed by atoms with van der Waals surface area (Å²) in [4.78, 5) is 14.1. The average Bonchev–Trinajstić information content (AvgIpc) is 2.74. The van der Waals surface area contributed by atoms with Gasteiger partial charge >= 0.3 is 0 Å². The Hall–Kier alpha value is -0.570. The largest absolute Gasteiger partial charge is 0.338 e. The molecule has 0 radical (unpaired) electrons. The van der Waals surface area contributed by atoms with E-state index in [0.717, 1.165) is 19.4 Å². The van der Waals surface area contributed by atoms with Crippen LogP contribution < -0.4 is 5.32 Å². The maximum atomic E-state index is 12.0. The summed E-state index contributed by atoms with van der Waals surface area (Å²) >= 11 is 0. The standard InChI is InChI=1S/C13H26N2O/c1-5-11(4)14-9-13(16)15-8-6-7-12(15)10(2)3/h10-12,14H,5-9H2,1-4H3. The Morgan fingerprint density at radius 1 is 1.44 bits per heavy atom. The molecule has 1 fully saturated rings. The topological polar surface area (TPSA) is 32.3 Å². The first-order chi connectivity index (χ1) is 7.56. The molecule has 1 amide bonds. The van der Waals surface area contributed by atoms with Crippen LogP contribution in [0.4, 0.5) is 0 Å². The molecule has 2 unspecified atom stereocenters. The average molecular weight is 226 g/mol. The maximum Gasteiger partial charge on any atom is 0.236 e. The number of carbonyl (C=O) groups is 1. The predicted molar refractivity (Wildman–Crippen MR) is 67.3 cm³/mol. The van der Waals surface area contributed by atoms with Gasteiger partial charge in [0.05, 0.1) is 6.54 Å². The highest BCUT2D eigenvalue weighted by atomic mass is 16.2. The van der Waals surface area contributed by atoms with E-state index in [-0.39, 0.29) is 5.91 Å². The Kier molecular flexibility index (Phi) is 5.26. The number of amides is 1. The second-order valence-corrected chi connectivity index (χ2v) is 5.23. The van der Waals surface area contributed by atoms with Crippen molar-refractivity contribution in [3.8, 4) is 0 Å². The van der Waals surface area contributed by atoms with E-state index in [1.54, 1.807) is 0 Å². The van der Waals surface area contributed by atoms with Gasteiger partial charge in [-0.05, 0) is 32.1 Å². The molecule has 3 nitrogen and oxygen atoms in total. The monoisotopic (exact) mass is 226 g/mol. The van der Waals surface area contributed by atoms with Crippen LogP contribution in [0, 0.1) is 5.92 Å². The predicted octanol–water partition coefficient (Wildman–Crippen LogP) is 2.02. The van der Waals surface area contributed by atoms with Crippen molar-refractivity contribution >= 4 is 5.91 Å². The number of carbonyl (C=O) groups excluding carboxylic acids is 1. The third-order valence-corrected chi connectivity index (χ3v) is 3.60. The molecule has 1 aliphatic rings. The molecule has 1 saturated heterocycles. The number of likely N-dealkylation sites (tertiary alicyclic amines) is 1. The molecule has 0 aromatic heterocycles. The fourth-order valence-electron chi connectivity index (χ4n) is 2.30. The van der Waals surface area contributed by atoms with Crippen molar-refractivity contribution < 1.29 is 4.79 Å². The number of nitrogens with one attached hydrogen (secondary N) is 1. The van der Waals surface area contributed by atoms with Crippen molar-refractivity contribution in [1.29, 1.82) is 0 Å². The van der Waals surface area contributed by atoms with Gasteiger partial charge in [-0.1, -0.05) is 20.8 Å². The Morgan fingerprint density at radius 2 is 2.12 bits per heavy atom. The summed E-state index contributed by atoms with van der Waals surface area (Å²) in [5.74, 6) is 0.853. The molecule has 1 N–H and O–H groups in total. The molecule has 1 heterocycles. The van der Waals surface area contributed by atoms with E-state index in [2.05, 4.69) is 37.9 Å². The lowest BCUT2D eigenvalue weighted by molar-refractivity contribution is -0.131. The van der Waals surface area contributed by atoms with E-state index in [9.17, 15) is 4.79 Å². The number of hydrogen-bond donors (Lipinski definition) is 1. The van der Waals surface area contributed by atoms with Crippen LogP contribution in [0.15, 0.2) is 0 Å². The first kappa shape index (κ1) is 13.5. The molecular weight excluding hydrogens is 200 g/mol. The summed E-state index contributed by atoms with van der Waals surface area (Å²) in [6, 6.07) is 0.898. The fourth-order valence-corrected chi connectivity index (χ4v) is 2.30. The summed E-state index contributed by atoms with van der Waals surface area (Å²) in [5, 5.41) is 3.28. The molecule has 94 valence electrons. The second kappa shape index (κ2) is 6.24. The molecule has 3 heteroatoms. The van der Waals surface area contributed by atoms with E-state index in [4.69, 9.17) is 0 Å². The summed E-state index contributed by atoms with van der Waals surface area (Å²) in [6.07, 6.45) is 3.41. The highest BCUT2D eigenvalue weighted by Crippen LogP contribution is 2.23. The lowest BCUT2D eigenvalue weighted by atomic mass is 10.0. The molecule has 2 atom stereocenters. The van der Waals surface area contributed by atoms with Gasteiger partial charge in [0.25, 0.3) is 0 Å². The van der Waals surface area contributed by atoms with Gasteiger partial charge in [0.1, 0.15) is 0 Å². The molecule has 16 heavy (non-hydrogen) atoms. The van der Waals surface area contributed by atoms with E-state index < -0.39 is 0 Å². The van der Waals surface area contributed by atoms with E-state index >= 15 is 0 Å². The summed E-state index contributed by atoms with van der Waals surface area (Å²) < 4.78 is 0. The highest BCUT2D eigenvalue weighted by Gasteiger charge is 2.30. The zero-order valence-electron chi connectivity index (χ0n) is 11.1. The minimum absolute atomic E-state index is 0.275. The van der Waals surface area contributed by atoms with Gasteiger partial charge in [-0.2, -0.15) is 0 Å². The van der Waals surface area contributed by atoms with Crippen molar-refractivity contribution in [2.75, 3.05) is 13.1 Å². The molecule has 0 saturated carbocycles. The molecule has 0 aromatic rings. The number of hydrogen-bond acceptors (Lipinski definition) is 2. The number of rotatable bonds is 5. The molecule has 1 aliphatic heterocycles. The minimum atomic E-state index is 0.275. The summed E-state index contributed by atoms with van der Waals surface area (Å²) in [6.45, 7) is 10.1. The third-order valence-electron chi connectivity index (χ3n) is 3.60. The van der Waals surface area contributed by atoms with Gasteiger partial charge in [0.2, 0.25) is 5.91 Å². The van der Waals surface area contributed by atoms with E-state index in [0.29, 0.717) is 24.5 Å². The van der Waals surface area contributed by atoms with Gasteiger partial charge in [0.15, 0.2) is 0 Å². The summed E-state index contributed by atoms with van der Waals surface area (Å²) in [7, 11) is 0. The van der Waals surface area contributed by atoms with E-state index in [1.165, 1.54) is 6.42 Å². The Bertz CT molecular complexity index is 228. The molecule has 1 rings (SSSR count). The maximum absolute atomic E-state index is 12.0. The first-order valence-electron chi connectivity index (χ1n) is 6.59. The quantitative estimate of drug-likeness (QED) is 0.778. The van der Waals surface area contributed by atoms with Gasteiger partial charge in [-0.3, -0.25) is 4.79 Å². The van der Waals surface area contributed by atoms with E-state index in [1.807, 2.05) is 0 Å². The van der Waals surface area contributed by atoms with Crippen LogP contribution in [0.3, 0.4) is 0 Å².